The number of hydrogen-bond donors (Lipinski definition) is 1. The second-order valence-electron chi connectivity index (χ2n) is 4.25. The predicted molar refractivity (Wildman–Crippen MR) is 62.9 cm³/mol. The maximum Gasteiger partial charge on any atom is 0.0498 e. The smallest absolute Gasteiger partial charge is 0.0498 e. The van der Waals surface area contributed by atoms with Gasteiger partial charge in [0.2, 0.25) is 0 Å². The Kier molecular flexibility index (Phi) is 3.44. The summed E-state index contributed by atoms with van der Waals surface area (Å²) >= 11 is 0. The second-order valence-corrected chi connectivity index (χ2v) is 4.25. The molecule has 15 heavy (non-hydrogen) atoms. The molecule has 0 spiro atoms. The highest BCUT2D eigenvalue weighted by Crippen LogP contribution is 2.24. The van der Waals surface area contributed by atoms with Crippen LogP contribution in [0.15, 0.2) is 18.3 Å². The van der Waals surface area contributed by atoms with E-state index in [1.165, 1.54) is 25.2 Å². The van der Waals surface area contributed by atoms with Crippen LogP contribution in [-0.4, -0.2) is 35.6 Å². The van der Waals surface area contributed by atoms with Gasteiger partial charge in [0, 0.05) is 51.2 Å². The summed E-state index contributed by atoms with van der Waals surface area (Å²) in [6.07, 6.45) is 3.33. The third-order valence-electron chi connectivity index (χ3n) is 3.30. The molecular formula is C12H21N3. The summed E-state index contributed by atoms with van der Waals surface area (Å²) in [5.41, 5.74) is 1.44. The molecule has 3 heteroatoms. The third kappa shape index (κ3) is 2.24. The fourth-order valence-corrected chi connectivity index (χ4v) is 2.47. The first-order valence-corrected chi connectivity index (χ1v) is 5.89. The van der Waals surface area contributed by atoms with Gasteiger partial charge >= 0.3 is 0 Å². The Morgan fingerprint density at radius 3 is 2.67 bits per heavy atom. The van der Waals surface area contributed by atoms with Crippen LogP contribution in [0.1, 0.15) is 25.1 Å². The van der Waals surface area contributed by atoms with E-state index in [0.29, 0.717) is 6.04 Å². The van der Waals surface area contributed by atoms with Gasteiger partial charge in [-0.3, -0.25) is 4.90 Å². The van der Waals surface area contributed by atoms with Gasteiger partial charge in [0.05, 0.1) is 0 Å². The molecule has 0 aliphatic carbocycles. The molecule has 2 heterocycles. The van der Waals surface area contributed by atoms with Crippen LogP contribution in [0, 0.1) is 0 Å². The Morgan fingerprint density at radius 2 is 2.13 bits per heavy atom. The molecule has 1 aliphatic heterocycles. The van der Waals surface area contributed by atoms with Crippen LogP contribution >= 0.6 is 0 Å². The van der Waals surface area contributed by atoms with Crippen LogP contribution < -0.4 is 5.32 Å². The van der Waals surface area contributed by atoms with Crippen molar-refractivity contribution in [3.05, 3.63) is 24.0 Å². The quantitative estimate of drug-likeness (QED) is 0.808. The zero-order valence-electron chi connectivity index (χ0n) is 9.74. The van der Waals surface area contributed by atoms with Gasteiger partial charge in [-0.25, -0.2) is 0 Å². The molecule has 0 bridgehead atoms. The SMILES string of the molecule is CC[C@H](c1cccn1C)N1CCNCC1. The van der Waals surface area contributed by atoms with Crippen LogP contribution in [-0.2, 0) is 7.05 Å². The Hall–Kier alpha value is -0.800. The van der Waals surface area contributed by atoms with Gasteiger partial charge in [-0.1, -0.05) is 6.92 Å². The van der Waals surface area contributed by atoms with Crippen molar-refractivity contribution in [2.45, 2.75) is 19.4 Å². The van der Waals surface area contributed by atoms with Crippen molar-refractivity contribution in [1.29, 1.82) is 0 Å². The van der Waals surface area contributed by atoms with Crippen molar-refractivity contribution in [3.8, 4) is 0 Å². The first-order valence-electron chi connectivity index (χ1n) is 5.89. The summed E-state index contributed by atoms with van der Waals surface area (Å²) in [4.78, 5) is 2.59. The lowest BCUT2D eigenvalue weighted by Crippen LogP contribution is -2.45. The van der Waals surface area contributed by atoms with E-state index in [0.717, 1.165) is 13.1 Å². The van der Waals surface area contributed by atoms with E-state index in [2.05, 4.69) is 47.1 Å². The molecule has 1 atom stereocenters. The number of nitrogens with one attached hydrogen (secondary N) is 1. The van der Waals surface area contributed by atoms with E-state index in [1.807, 2.05) is 0 Å². The normalized spacial score (nSPS) is 20.4. The summed E-state index contributed by atoms with van der Waals surface area (Å²) in [5, 5.41) is 3.41. The Labute approximate surface area is 92.1 Å². The summed E-state index contributed by atoms with van der Waals surface area (Å²) in [6.45, 7) is 6.87. The number of aromatic nitrogens is 1. The molecule has 1 fully saturated rings. The monoisotopic (exact) mass is 207 g/mol. The van der Waals surface area contributed by atoms with Crippen molar-refractivity contribution in [2.75, 3.05) is 26.2 Å². The number of aryl methyl sites for hydroxylation is 1. The van der Waals surface area contributed by atoms with Crippen molar-refractivity contribution in [2.24, 2.45) is 7.05 Å². The van der Waals surface area contributed by atoms with E-state index in [1.54, 1.807) is 0 Å². The largest absolute Gasteiger partial charge is 0.353 e. The van der Waals surface area contributed by atoms with Crippen LogP contribution in [0.5, 0.6) is 0 Å². The number of rotatable bonds is 3. The average Bonchev–Trinajstić information content (AvgIpc) is 2.68. The zero-order chi connectivity index (χ0) is 10.7. The Bertz CT molecular complexity index is 300. The van der Waals surface area contributed by atoms with Gasteiger partial charge in [0.15, 0.2) is 0 Å². The highest BCUT2D eigenvalue weighted by atomic mass is 15.2. The van der Waals surface area contributed by atoms with Gasteiger partial charge in [-0.15, -0.1) is 0 Å². The fraction of sp³-hybridized carbons (Fsp3) is 0.667. The molecule has 3 nitrogen and oxygen atoms in total. The number of nitrogens with zero attached hydrogens (tertiary/aromatic N) is 2. The van der Waals surface area contributed by atoms with Gasteiger partial charge in [0.1, 0.15) is 0 Å². The number of piperazine rings is 1. The first kappa shape index (κ1) is 10.7. The fourth-order valence-electron chi connectivity index (χ4n) is 2.47. The minimum absolute atomic E-state index is 0.590. The summed E-state index contributed by atoms with van der Waals surface area (Å²) in [7, 11) is 2.14. The van der Waals surface area contributed by atoms with E-state index in [9.17, 15) is 0 Å². The lowest BCUT2D eigenvalue weighted by Gasteiger charge is -2.34. The molecule has 1 aromatic rings. The molecular weight excluding hydrogens is 186 g/mol. The van der Waals surface area contributed by atoms with Gasteiger partial charge in [-0.2, -0.15) is 0 Å². The van der Waals surface area contributed by atoms with Gasteiger partial charge in [0.25, 0.3) is 0 Å². The summed E-state index contributed by atoms with van der Waals surface area (Å²) < 4.78 is 2.25. The molecule has 0 unspecified atom stereocenters. The molecule has 84 valence electrons. The second kappa shape index (κ2) is 4.81. The third-order valence-corrected chi connectivity index (χ3v) is 3.30. The molecule has 0 aromatic carbocycles. The maximum absolute atomic E-state index is 3.41. The molecule has 0 amide bonds. The molecule has 1 N–H and O–H groups in total. The lowest BCUT2D eigenvalue weighted by atomic mass is 10.1. The van der Waals surface area contributed by atoms with Gasteiger partial charge in [-0.05, 0) is 18.6 Å². The van der Waals surface area contributed by atoms with Crippen LogP contribution in [0.2, 0.25) is 0 Å². The topological polar surface area (TPSA) is 20.2 Å². The molecule has 1 aliphatic rings. The Morgan fingerprint density at radius 1 is 1.40 bits per heavy atom. The minimum Gasteiger partial charge on any atom is -0.353 e. The first-order chi connectivity index (χ1) is 7.33. The van der Waals surface area contributed by atoms with E-state index >= 15 is 0 Å². The van der Waals surface area contributed by atoms with Crippen molar-refractivity contribution in [1.82, 2.24) is 14.8 Å². The van der Waals surface area contributed by atoms with Crippen LogP contribution in [0.4, 0.5) is 0 Å². The van der Waals surface area contributed by atoms with E-state index < -0.39 is 0 Å². The highest BCUT2D eigenvalue weighted by molar-refractivity contribution is 5.12. The molecule has 0 radical (unpaired) electrons. The lowest BCUT2D eigenvalue weighted by molar-refractivity contribution is 0.164. The maximum atomic E-state index is 3.41. The minimum atomic E-state index is 0.590. The van der Waals surface area contributed by atoms with Crippen LogP contribution in [0.25, 0.3) is 0 Å². The Balaban J connectivity index is 2.12. The van der Waals surface area contributed by atoms with Crippen LogP contribution in [0.3, 0.4) is 0 Å². The summed E-state index contributed by atoms with van der Waals surface area (Å²) in [6, 6.07) is 4.98. The molecule has 0 saturated carbocycles. The van der Waals surface area contributed by atoms with E-state index in [-0.39, 0.29) is 0 Å². The van der Waals surface area contributed by atoms with Crippen molar-refractivity contribution < 1.29 is 0 Å². The zero-order valence-corrected chi connectivity index (χ0v) is 9.74. The van der Waals surface area contributed by atoms with E-state index in [4.69, 9.17) is 0 Å². The molecule has 1 aromatic heterocycles. The number of hydrogen-bond acceptors (Lipinski definition) is 2. The molecule has 2 rings (SSSR count). The predicted octanol–water partition coefficient (Wildman–Crippen LogP) is 1.38. The standard InChI is InChI=1S/C12H21N3/c1-3-11(12-5-4-8-14(12)2)15-9-6-13-7-10-15/h4-5,8,11,13H,3,6-7,9-10H2,1-2H3/t11-/m1/s1. The average molecular weight is 207 g/mol. The van der Waals surface area contributed by atoms with Crippen molar-refractivity contribution in [3.63, 3.8) is 0 Å². The van der Waals surface area contributed by atoms with Crippen molar-refractivity contribution >= 4 is 0 Å². The van der Waals surface area contributed by atoms with Gasteiger partial charge < -0.3 is 9.88 Å². The molecule has 1 saturated heterocycles. The highest BCUT2D eigenvalue weighted by Gasteiger charge is 2.21. The summed E-state index contributed by atoms with van der Waals surface area (Å²) in [5.74, 6) is 0.